The molecule has 0 unspecified atom stereocenters. The van der Waals surface area contributed by atoms with E-state index in [0.717, 1.165) is 19.5 Å². The summed E-state index contributed by atoms with van der Waals surface area (Å²) in [6.07, 6.45) is 6.31. The highest BCUT2D eigenvalue weighted by atomic mass is 16.1. The summed E-state index contributed by atoms with van der Waals surface area (Å²) >= 11 is 0. The molecule has 2 rings (SSSR count). The minimum absolute atomic E-state index is 0.201. The zero-order valence-electron chi connectivity index (χ0n) is 11.3. The minimum Gasteiger partial charge on any atom is -0.382 e. The van der Waals surface area contributed by atoms with Crippen LogP contribution < -0.4 is 11.1 Å². The minimum atomic E-state index is -0.201. The van der Waals surface area contributed by atoms with Gasteiger partial charge in [0, 0.05) is 6.54 Å². The van der Waals surface area contributed by atoms with Crippen molar-refractivity contribution in [3.8, 4) is 0 Å². The number of carbonyl (C=O) groups is 1. The predicted molar refractivity (Wildman–Crippen MR) is 73.6 cm³/mol. The second-order valence-electron chi connectivity index (χ2n) is 5.12. The Balaban J connectivity index is 1.72. The molecule has 3 N–H and O–H groups in total. The predicted octanol–water partition coefficient (Wildman–Crippen LogP) is 0.521. The van der Waals surface area contributed by atoms with E-state index in [-0.39, 0.29) is 17.4 Å². The van der Waals surface area contributed by atoms with E-state index in [4.69, 9.17) is 5.73 Å². The van der Waals surface area contributed by atoms with Gasteiger partial charge < -0.3 is 16.0 Å². The van der Waals surface area contributed by atoms with Crippen LogP contribution >= 0.6 is 0 Å². The lowest BCUT2D eigenvalue weighted by Crippen LogP contribution is -2.33. The van der Waals surface area contributed by atoms with Crippen LogP contribution in [-0.2, 0) is 0 Å². The first-order chi connectivity index (χ1) is 9.15. The van der Waals surface area contributed by atoms with Crippen molar-refractivity contribution in [2.45, 2.75) is 19.3 Å². The van der Waals surface area contributed by atoms with Crippen molar-refractivity contribution < 1.29 is 4.79 Å². The molecule has 1 saturated heterocycles. The number of piperidine rings is 1. The van der Waals surface area contributed by atoms with E-state index < -0.39 is 0 Å². The summed E-state index contributed by atoms with van der Waals surface area (Å²) in [4.78, 5) is 22.0. The van der Waals surface area contributed by atoms with Gasteiger partial charge in [0.1, 0.15) is 11.5 Å². The van der Waals surface area contributed by atoms with Gasteiger partial charge in [-0.25, -0.2) is 4.98 Å². The molecule has 0 spiro atoms. The number of nitrogen functional groups attached to an aromatic ring is 1. The lowest BCUT2D eigenvalue weighted by Gasteiger charge is -2.28. The summed E-state index contributed by atoms with van der Waals surface area (Å²) in [5.41, 5.74) is 5.78. The summed E-state index contributed by atoms with van der Waals surface area (Å²) in [5.74, 6) is 0.777. The number of anilines is 1. The summed E-state index contributed by atoms with van der Waals surface area (Å²) in [6, 6.07) is 0. The average molecular weight is 263 g/mol. The number of aromatic nitrogens is 2. The first-order valence-electron chi connectivity index (χ1n) is 6.69. The van der Waals surface area contributed by atoms with Crippen LogP contribution in [0.4, 0.5) is 5.82 Å². The molecule has 1 fully saturated rings. The molecule has 6 nitrogen and oxygen atoms in total. The van der Waals surface area contributed by atoms with Gasteiger partial charge in [-0.2, -0.15) is 0 Å². The maximum atomic E-state index is 11.8. The molecule has 0 bridgehead atoms. The number of rotatable bonds is 4. The number of nitrogens with zero attached hydrogens (tertiary/aromatic N) is 3. The Morgan fingerprint density at radius 2 is 2.21 bits per heavy atom. The van der Waals surface area contributed by atoms with E-state index in [0.29, 0.717) is 12.5 Å². The Morgan fingerprint density at radius 3 is 2.89 bits per heavy atom. The summed E-state index contributed by atoms with van der Waals surface area (Å²) in [6.45, 7) is 2.99. The third-order valence-corrected chi connectivity index (χ3v) is 3.56. The first-order valence-corrected chi connectivity index (χ1v) is 6.69. The van der Waals surface area contributed by atoms with Gasteiger partial charge in [-0.1, -0.05) is 0 Å². The summed E-state index contributed by atoms with van der Waals surface area (Å²) < 4.78 is 0. The molecule has 0 atom stereocenters. The largest absolute Gasteiger partial charge is 0.382 e. The third-order valence-electron chi connectivity index (χ3n) is 3.56. The standard InChI is InChI=1S/C13H21N5O/c1-18-6-3-10(4-7-18)2-5-16-13(19)11-8-15-9-12(14)17-11/h8-10H,2-7H2,1H3,(H2,14,17)(H,16,19). The molecule has 1 aliphatic heterocycles. The van der Waals surface area contributed by atoms with E-state index in [1.54, 1.807) is 0 Å². The van der Waals surface area contributed by atoms with Crippen molar-refractivity contribution in [2.24, 2.45) is 5.92 Å². The van der Waals surface area contributed by atoms with E-state index in [1.807, 2.05) is 0 Å². The number of likely N-dealkylation sites (tertiary alicyclic amines) is 1. The highest BCUT2D eigenvalue weighted by Gasteiger charge is 2.16. The van der Waals surface area contributed by atoms with E-state index in [9.17, 15) is 4.79 Å². The lowest BCUT2D eigenvalue weighted by atomic mass is 9.94. The lowest BCUT2D eigenvalue weighted by molar-refractivity contribution is 0.0943. The van der Waals surface area contributed by atoms with Crippen molar-refractivity contribution >= 4 is 11.7 Å². The van der Waals surface area contributed by atoms with Crippen molar-refractivity contribution in [1.29, 1.82) is 0 Å². The van der Waals surface area contributed by atoms with Gasteiger partial charge in [0.15, 0.2) is 0 Å². The first kappa shape index (κ1) is 13.7. The molecule has 6 heteroatoms. The molecule has 0 radical (unpaired) electrons. The van der Waals surface area contributed by atoms with Gasteiger partial charge in [0.05, 0.1) is 12.4 Å². The molecule has 104 valence electrons. The van der Waals surface area contributed by atoms with E-state index in [2.05, 4.69) is 27.2 Å². The van der Waals surface area contributed by atoms with Gasteiger partial charge in [-0.15, -0.1) is 0 Å². The van der Waals surface area contributed by atoms with Crippen LogP contribution in [0.2, 0.25) is 0 Å². The zero-order chi connectivity index (χ0) is 13.7. The van der Waals surface area contributed by atoms with Crippen LogP contribution in [0.3, 0.4) is 0 Å². The number of carbonyl (C=O) groups excluding carboxylic acids is 1. The van der Waals surface area contributed by atoms with E-state index >= 15 is 0 Å². The summed E-state index contributed by atoms with van der Waals surface area (Å²) in [7, 11) is 2.15. The number of hydrogen-bond acceptors (Lipinski definition) is 5. The Hall–Kier alpha value is -1.69. The fraction of sp³-hybridized carbons (Fsp3) is 0.615. The van der Waals surface area contributed by atoms with Gasteiger partial charge in [-0.05, 0) is 45.3 Å². The quantitative estimate of drug-likeness (QED) is 0.827. The van der Waals surface area contributed by atoms with Crippen molar-refractivity contribution in [1.82, 2.24) is 20.2 Å². The Bertz CT molecular complexity index is 429. The molecule has 0 aliphatic carbocycles. The topological polar surface area (TPSA) is 84.1 Å². The van der Waals surface area contributed by atoms with Gasteiger partial charge in [0.2, 0.25) is 0 Å². The maximum Gasteiger partial charge on any atom is 0.271 e. The smallest absolute Gasteiger partial charge is 0.271 e. The van der Waals surface area contributed by atoms with Crippen LogP contribution in [-0.4, -0.2) is 47.5 Å². The van der Waals surface area contributed by atoms with Crippen LogP contribution in [0, 0.1) is 5.92 Å². The fourth-order valence-electron chi connectivity index (χ4n) is 2.32. The monoisotopic (exact) mass is 263 g/mol. The van der Waals surface area contributed by atoms with Crippen LogP contribution in [0.15, 0.2) is 12.4 Å². The van der Waals surface area contributed by atoms with Gasteiger partial charge in [0.25, 0.3) is 5.91 Å². The molecule has 1 aromatic rings. The zero-order valence-corrected chi connectivity index (χ0v) is 11.3. The molecule has 19 heavy (non-hydrogen) atoms. The third kappa shape index (κ3) is 4.17. The highest BCUT2D eigenvalue weighted by Crippen LogP contribution is 2.18. The van der Waals surface area contributed by atoms with Crippen LogP contribution in [0.5, 0.6) is 0 Å². The fourth-order valence-corrected chi connectivity index (χ4v) is 2.32. The van der Waals surface area contributed by atoms with Crippen molar-refractivity contribution in [2.75, 3.05) is 32.4 Å². The second-order valence-corrected chi connectivity index (χ2v) is 5.12. The molecule has 0 aromatic carbocycles. The molecular weight excluding hydrogens is 242 g/mol. The molecule has 1 amide bonds. The average Bonchev–Trinajstić information content (AvgIpc) is 2.41. The Kier molecular flexibility index (Phi) is 4.68. The molecular formula is C13H21N5O. The number of amides is 1. The molecule has 1 aliphatic rings. The number of nitrogens with one attached hydrogen (secondary N) is 1. The number of nitrogens with two attached hydrogens (primary N) is 1. The van der Waals surface area contributed by atoms with Crippen LogP contribution in [0.1, 0.15) is 29.8 Å². The highest BCUT2D eigenvalue weighted by molar-refractivity contribution is 5.92. The number of hydrogen-bond donors (Lipinski definition) is 2. The normalized spacial score (nSPS) is 17.3. The Labute approximate surface area is 113 Å². The van der Waals surface area contributed by atoms with Crippen molar-refractivity contribution in [3.63, 3.8) is 0 Å². The maximum absolute atomic E-state index is 11.8. The van der Waals surface area contributed by atoms with Gasteiger partial charge in [-0.3, -0.25) is 9.78 Å². The van der Waals surface area contributed by atoms with Crippen molar-refractivity contribution in [3.05, 3.63) is 18.1 Å². The SMILES string of the molecule is CN1CCC(CCNC(=O)c2cncc(N)n2)CC1. The van der Waals surface area contributed by atoms with Gasteiger partial charge >= 0.3 is 0 Å². The van der Waals surface area contributed by atoms with E-state index in [1.165, 1.54) is 25.2 Å². The molecule has 0 saturated carbocycles. The summed E-state index contributed by atoms with van der Waals surface area (Å²) in [5, 5.41) is 2.87. The molecule has 2 heterocycles. The molecule has 1 aromatic heterocycles. The second kappa shape index (κ2) is 6.47. The Morgan fingerprint density at radius 1 is 1.47 bits per heavy atom. The van der Waals surface area contributed by atoms with Crippen LogP contribution in [0.25, 0.3) is 0 Å².